The molecule has 0 aliphatic heterocycles. The zero-order valence-corrected chi connectivity index (χ0v) is 9.87. The third kappa shape index (κ3) is 4.45. The van der Waals surface area contributed by atoms with E-state index in [0.717, 1.165) is 32.6 Å². The maximum Gasteiger partial charge on any atom is 0.0105 e. The van der Waals surface area contributed by atoms with Crippen LogP contribution in [0.2, 0.25) is 0 Å². The van der Waals surface area contributed by atoms with Crippen LogP contribution >= 0.6 is 0 Å². The molecule has 1 aromatic rings. The molecule has 0 aliphatic carbocycles. The quantitative estimate of drug-likeness (QED) is 0.769. The lowest BCUT2D eigenvalue weighted by molar-refractivity contribution is 0.300. The zero-order valence-electron chi connectivity index (χ0n) is 9.87. The van der Waals surface area contributed by atoms with Crippen molar-refractivity contribution < 1.29 is 0 Å². The molecular formula is C13H22N2. The Bertz CT molecular complexity index is 266. The molecule has 0 fully saturated rings. The van der Waals surface area contributed by atoms with E-state index < -0.39 is 0 Å². The van der Waals surface area contributed by atoms with Crippen molar-refractivity contribution in [2.45, 2.75) is 20.3 Å². The lowest BCUT2D eigenvalue weighted by Gasteiger charge is -2.19. The van der Waals surface area contributed by atoms with Crippen molar-refractivity contribution in [3.05, 3.63) is 35.4 Å². The van der Waals surface area contributed by atoms with Crippen molar-refractivity contribution in [1.29, 1.82) is 0 Å². The second kappa shape index (κ2) is 6.59. The highest BCUT2D eigenvalue weighted by Gasteiger charge is 2.00. The fourth-order valence-corrected chi connectivity index (χ4v) is 1.65. The minimum atomic E-state index is 0.752. The van der Waals surface area contributed by atoms with Crippen molar-refractivity contribution in [2.75, 3.05) is 26.2 Å². The van der Waals surface area contributed by atoms with Crippen molar-refractivity contribution in [2.24, 2.45) is 5.73 Å². The first-order valence-electron chi connectivity index (χ1n) is 5.74. The Balaban J connectivity index is 2.38. The first kappa shape index (κ1) is 12.2. The van der Waals surface area contributed by atoms with E-state index in [0.29, 0.717) is 0 Å². The van der Waals surface area contributed by atoms with Gasteiger partial charge in [-0.15, -0.1) is 0 Å². The van der Waals surface area contributed by atoms with Crippen molar-refractivity contribution in [1.82, 2.24) is 4.90 Å². The highest BCUT2D eigenvalue weighted by Crippen LogP contribution is 2.04. The summed E-state index contributed by atoms with van der Waals surface area (Å²) in [5.41, 5.74) is 8.29. The predicted octanol–water partition coefficient (Wildman–Crippen LogP) is 1.82. The van der Waals surface area contributed by atoms with Crippen LogP contribution in [-0.2, 0) is 6.42 Å². The van der Waals surface area contributed by atoms with Gasteiger partial charge < -0.3 is 10.6 Å². The molecule has 1 rings (SSSR count). The van der Waals surface area contributed by atoms with Gasteiger partial charge in [0.25, 0.3) is 0 Å². The SMILES string of the molecule is CCN(CCN)CCc1ccc(C)cc1. The molecule has 15 heavy (non-hydrogen) atoms. The largest absolute Gasteiger partial charge is 0.329 e. The molecule has 0 atom stereocenters. The van der Waals surface area contributed by atoms with Crippen LogP contribution in [0.3, 0.4) is 0 Å². The van der Waals surface area contributed by atoms with Gasteiger partial charge in [-0.05, 0) is 25.5 Å². The average Bonchev–Trinajstić information content (AvgIpc) is 2.26. The number of hydrogen-bond donors (Lipinski definition) is 1. The summed E-state index contributed by atoms with van der Waals surface area (Å²) >= 11 is 0. The Kier molecular flexibility index (Phi) is 5.37. The van der Waals surface area contributed by atoms with Gasteiger partial charge in [-0.2, -0.15) is 0 Å². The molecule has 0 amide bonds. The van der Waals surface area contributed by atoms with Crippen LogP contribution in [0.15, 0.2) is 24.3 Å². The summed E-state index contributed by atoms with van der Waals surface area (Å²) in [6.45, 7) is 8.26. The molecule has 0 bridgehead atoms. The van der Waals surface area contributed by atoms with Gasteiger partial charge >= 0.3 is 0 Å². The summed E-state index contributed by atoms with van der Waals surface area (Å²) < 4.78 is 0. The average molecular weight is 206 g/mol. The fraction of sp³-hybridized carbons (Fsp3) is 0.538. The van der Waals surface area contributed by atoms with Crippen LogP contribution in [0, 0.1) is 6.92 Å². The summed E-state index contributed by atoms with van der Waals surface area (Å²) in [6.07, 6.45) is 1.12. The van der Waals surface area contributed by atoms with Crippen molar-refractivity contribution >= 4 is 0 Å². The van der Waals surface area contributed by atoms with Gasteiger partial charge in [0.15, 0.2) is 0 Å². The third-order valence-electron chi connectivity index (χ3n) is 2.73. The second-order valence-electron chi connectivity index (χ2n) is 3.96. The van der Waals surface area contributed by atoms with Crippen LogP contribution in [0.1, 0.15) is 18.1 Å². The molecule has 0 radical (unpaired) electrons. The first-order valence-corrected chi connectivity index (χ1v) is 5.74. The molecular weight excluding hydrogens is 184 g/mol. The molecule has 0 spiro atoms. The van der Waals surface area contributed by atoms with Gasteiger partial charge in [-0.1, -0.05) is 36.8 Å². The fourth-order valence-electron chi connectivity index (χ4n) is 1.65. The number of benzene rings is 1. The van der Waals surface area contributed by atoms with Gasteiger partial charge in [0.1, 0.15) is 0 Å². The van der Waals surface area contributed by atoms with E-state index in [4.69, 9.17) is 5.73 Å². The molecule has 0 unspecified atom stereocenters. The predicted molar refractivity (Wildman–Crippen MR) is 66.1 cm³/mol. The summed E-state index contributed by atoms with van der Waals surface area (Å²) in [5, 5.41) is 0. The van der Waals surface area contributed by atoms with Gasteiger partial charge in [0.05, 0.1) is 0 Å². The molecule has 2 N–H and O–H groups in total. The molecule has 84 valence electrons. The van der Waals surface area contributed by atoms with Crippen LogP contribution in [-0.4, -0.2) is 31.1 Å². The Morgan fingerprint density at radius 2 is 1.80 bits per heavy atom. The van der Waals surface area contributed by atoms with E-state index in [1.54, 1.807) is 0 Å². The highest BCUT2D eigenvalue weighted by molar-refractivity contribution is 5.21. The van der Waals surface area contributed by atoms with Gasteiger partial charge in [0, 0.05) is 19.6 Å². The molecule has 2 heteroatoms. The number of nitrogens with two attached hydrogens (primary N) is 1. The Morgan fingerprint density at radius 1 is 1.13 bits per heavy atom. The summed E-state index contributed by atoms with van der Waals surface area (Å²) in [6, 6.07) is 8.78. The smallest absolute Gasteiger partial charge is 0.0105 e. The Labute approximate surface area is 93.1 Å². The lowest BCUT2D eigenvalue weighted by Crippen LogP contribution is -2.31. The number of aryl methyl sites for hydroxylation is 1. The Morgan fingerprint density at radius 3 is 2.33 bits per heavy atom. The second-order valence-corrected chi connectivity index (χ2v) is 3.96. The standard InChI is InChI=1S/C13H22N2/c1-3-15(11-9-14)10-8-13-6-4-12(2)5-7-13/h4-7H,3,8-11,14H2,1-2H3. The number of hydrogen-bond acceptors (Lipinski definition) is 2. The normalized spacial score (nSPS) is 10.9. The summed E-state index contributed by atoms with van der Waals surface area (Å²) in [4.78, 5) is 2.39. The van der Waals surface area contributed by atoms with E-state index >= 15 is 0 Å². The van der Waals surface area contributed by atoms with Gasteiger partial charge in [-0.25, -0.2) is 0 Å². The van der Waals surface area contributed by atoms with E-state index in [9.17, 15) is 0 Å². The highest BCUT2D eigenvalue weighted by atomic mass is 15.1. The third-order valence-corrected chi connectivity index (χ3v) is 2.73. The summed E-state index contributed by atoms with van der Waals surface area (Å²) in [5.74, 6) is 0. The van der Waals surface area contributed by atoms with Crippen molar-refractivity contribution in [3.8, 4) is 0 Å². The number of rotatable bonds is 6. The maximum absolute atomic E-state index is 5.55. The molecule has 0 aromatic heterocycles. The number of likely N-dealkylation sites (N-methyl/N-ethyl adjacent to an activating group) is 1. The van der Waals surface area contributed by atoms with Gasteiger partial charge in [0.2, 0.25) is 0 Å². The lowest BCUT2D eigenvalue weighted by atomic mass is 10.1. The Hall–Kier alpha value is -0.860. The first-order chi connectivity index (χ1) is 7.26. The van der Waals surface area contributed by atoms with Crippen LogP contribution < -0.4 is 5.73 Å². The van der Waals surface area contributed by atoms with E-state index in [-0.39, 0.29) is 0 Å². The van der Waals surface area contributed by atoms with Crippen LogP contribution in [0.4, 0.5) is 0 Å². The number of nitrogens with zero attached hydrogens (tertiary/aromatic N) is 1. The molecule has 2 nitrogen and oxygen atoms in total. The van der Waals surface area contributed by atoms with Crippen LogP contribution in [0.25, 0.3) is 0 Å². The molecule has 0 heterocycles. The molecule has 1 aromatic carbocycles. The summed E-state index contributed by atoms with van der Waals surface area (Å²) in [7, 11) is 0. The van der Waals surface area contributed by atoms with E-state index in [1.165, 1.54) is 11.1 Å². The molecule has 0 saturated heterocycles. The van der Waals surface area contributed by atoms with Crippen molar-refractivity contribution in [3.63, 3.8) is 0 Å². The van der Waals surface area contributed by atoms with E-state index in [1.807, 2.05) is 0 Å². The minimum Gasteiger partial charge on any atom is -0.329 e. The topological polar surface area (TPSA) is 29.3 Å². The monoisotopic (exact) mass is 206 g/mol. The molecule has 0 aliphatic rings. The maximum atomic E-state index is 5.55. The minimum absolute atomic E-state index is 0.752. The van der Waals surface area contributed by atoms with E-state index in [2.05, 4.69) is 43.0 Å². The molecule has 0 saturated carbocycles. The van der Waals surface area contributed by atoms with Crippen LogP contribution in [0.5, 0.6) is 0 Å². The zero-order chi connectivity index (χ0) is 11.1. The van der Waals surface area contributed by atoms with Gasteiger partial charge in [-0.3, -0.25) is 0 Å².